The van der Waals surface area contributed by atoms with Gasteiger partial charge < -0.3 is 9.84 Å². The van der Waals surface area contributed by atoms with Crippen LogP contribution in [0.15, 0.2) is 24.3 Å². The van der Waals surface area contributed by atoms with Gasteiger partial charge in [0.2, 0.25) is 0 Å². The summed E-state index contributed by atoms with van der Waals surface area (Å²) in [5.41, 5.74) is 0. The van der Waals surface area contributed by atoms with Gasteiger partial charge in [-0.1, -0.05) is 11.6 Å². The molecule has 0 unspecified atom stereocenters. The summed E-state index contributed by atoms with van der Waals surface area (Å²) < 4.78 is 5.31. The minimum absolute atomic E-state index is 0.0165. The molecular formula is C9H11ClO2. The molecule has 0 saturated carbocycles. The van der Waals surface area contributed by atoms with Gasteiger partial charge in [-0.3, -0.25) is 0 Å². The van der Waals surface area contributed by atoms with Crippen molar-refractivity contribution in [3.8, 4) is 5.75 Å². The lowest BCUT2D eigenvalue weighted by atomic mass is 10.3. The third-order valence-corrected chi connectivity index (χ3v) is 1.66. The lowest BCUT2D eigenvalue weighted by Gasteiger charge is -2.11. The lowest BCUT2D eigenvalue weighted by molar-refractivity contribution is 0.130. The fraction of sp³-hybridized carbons (Fsp3) is 0.333. The molecule has 1 aromatic carbocycles. The summed E-state index contributed by atoms with van der Waals surface area (Å²) in [5, 5.41) is 9.38. The Morgan fingerprint density at radius 1 is 1.42 bits per heavy atom. The standard InChI is InChI=1S/C9H11ClO2/c1-7(6-11)12-9-4-2-8(10)3-5-9/h2-5,7,11H,6H2,1H3/t7-/m0/s1. The molecule has 2 nitrogen and oxygen atoms in total. The highest BCUT2D eigenvalue weighted by Crippen LogP contribution is 2.16. The molecule has 3 heteroatoms. The number of benzene rings is 1. The van der Waals surface area contributed by atoms with Crippen molar-refractivity contribution in [3.05, 3.63) is 29.3 Å². The molecule has 0 heterocycles. The van der Waals surface area contributed by atoms with E-state index in [1.54, 1.807) is 31.2 Å². The van der Waals surface area contributed by atoms with Gasteiger partial charge >= 0.3 is 0 Å². The van der Waals surface area contributed by atoms with Gasteiger partial charge in [0.25, 0.3) is 0 Å². The van der Waals surface area contributed by atoms with Gasteiger partial charge in [0.05, 0.1) is 6.61 Å². The van der Waals surface area contributed by atoms with Crippen molar-refractivity contribution in [2.24, 2.45) is 0 Å². The van der Waals surface area contributed by atoms with Gasteiger partial charge in [0.1, 0.15) is 11.9 Å². The zero-order valence-corrected chi connectivity index (χ0v) is 7.58. The maximum Gasteiger partial charge on any atom is 0.119 e. The molecule has 0 aromatic heterocycles. The van der Waals surface area contributed by atoms with E-state index in [-0.39, 0.29) is 12.7 Å². The summed E-state index contributed by atoms with van der Waals surface area (Å²) in [6.45, 7) is 1.82. The van der Waals surface area contributed by atoms with Gasteiger partial charge in [-0.05, 0) is 31.2 Å². The van der Waals surface area contributed by atoms with Gasteiger partial charge in [-0.25, -0.2) is 0 Å². The fourth-order valence-electron chi connectivity index (χ4n) is 0.783. The molecule has 0 spiro atoms. The highest BCUT2D eigenvalue weighted by atomic mass is 35.5. The van der Waals surface area contributed by atoms with E-state index in [4.69, 9.17) is 21.4 Å². The third kappa shape index (κ3) is 2.72. The van der Waals surface area contributed by atoms with E-state index >= 15 is 0 Å². The predicted molar refractivity (Wildman–Crippen MR) is 48.6 cm³/mol. The number of rotatable bonds is 3. The van der Waals surface area contributed by atoms with Crippen LogP contribution in [0.4, 0.5) is 0 Å². The largest absolute Gasteiger partial charge is 0.488 e. The second kappa shape index (κ2) is 4.33. The molecule has 0 amide bonds. The Balaban J connectivity index is 2.58. The van der Waals surface area contributed by atoms with Crippen LogP contribution in [0, 0.1) is 0 Å². The first kappa shape index (κ1) is 9.36. The summed E-state index contributed by atoms with van der Waals surface area (Å²) in [6, 6.07) is 7.05. The Bertz CT molecular complexity index is 233. The van der Waals surface area contributed by atoms with Crippen molar-refractivity contribution in [1.29, 1.82) is 0 Å². The monoisotopic (exact) mass is 186 g/mol. The van der Waals surface area contributed by atoms with Crippen LogP contribution in [0.5, 0.6) is 5.75 Å². The van der Waals surface area contributed by atoms with E-state index in [2.05, 4.69) is 0 Å². The third-order valence-electron chi connectivity index (χ3n) is 1.41. The lowest BCUT2D eigenvalue weighted by Crippen LogP contribution is -2.15. The number of ether oxygens (including phenoxy) is 1. The fourth-order valence-corrected chi connectivity index (χ4v) is 0.909. The Hall–Kier alpha value is -0.730. The van der Waals surface area contributed by atoms with Crippen molar-refractivity contribution in [2.75, 3.05) is 6.61 Å². The maximum absolute atomic E-state index is 8.70. The van der Waals surface area contributed by atoms with E-state index in [1.807, 2.05) is 0 Å². The van der Waals surface area contributed by atoms with E-state index in [9.17, 15) is 0 Å². The predicted octanol–water partition coefficient (Wildman–Crippen LogP) is 2.10. The van der Waals surface area contributed by atoms with Crippen LogP contribution in [-0.4, -0.2) is 17.8 Å². The Kier molecular flexibility index (Phi) is 3.38. The van der Waals surface area contributed by atoms with Crippen LogP contribution >= 0.6 is 11.6 Å². The first-order valence-electron chi connectivity index (χ1n) is 3.75. The van der Waals surface area contributed by atoms with E-state index < -0.39 is 0 Å². The molecule has 1 atom stereocenters. The highest BCUT2D eigenvalue weighted by Gasteiger charge is 2.00. The molecule has 0 aliphatic rings. The minimum Gasteiger partial charge on any atom is -0.488 e. The average Bonchev–Trinajstić information content (AvgIpc) is 2.09. The number of hydrogen-bond acceptors (Lipinski definition) is 2. The number of aliphatic hydroxyl groups excluding tert-OH is 1. The van der Waals surface area contributed by atoms with Crippen molar-refractivity contribution in [3.63, 3.8) is 0 Å². The Labute approximate surface area is 76.7 Å². The summed E-state index contributed by atoms with van der Waals surface area (Å²) >= 11 is 5.68. The zero-order valence-electron chi connectivity index (χ0n) is 6.83. The Morgan fingerprint density at radius 3 is 2.50 bits per heavy atom. The van der Waals surface area contributed by atoms with E-state index in [1.165, 1.54) is 0 Å². The van der Waals surface area contributed by atoms with Gasteiger partial charge in [-0.15, -0.1) is 0 Å². The Morgan fingerprint density at radius 2 is 2.00 bits per heavy atom. The zero-order chi connectivity index (χ0) is 8.97. The first-order chi connectivity index (χ1) is 5.72. The number of hydrogen-bond donors (Lipinski definition) is 1. The smallest absolute Gasteiger partial charge is 0.119 e. The number of halogens is 1. The van der Waals surface area contributed by atoms with Crippen molar-refractivity contribution >= 4 is 11.6 Å². The van der Waals surface area contributed by atoms with E-state index in [0.29, 0.717) is 5.02 Å². The quantitative estimate of drug-likeness (QED) is 0.784. The molecule has 0 aliphatic carbocycles. The molecule has 1 N–H and O–H groups in total. The molecule has 0 saturated heterocycles. The van der Waals surface area contributed by atoms with Gasteiger partial charge in [-0.2, -0.15) is 0 Å². The summed E-state index contributed by atoms with van der Waals surface area (Å²) in [7, 11) is 0. The summed E-state index contributed by atoms with van der Waals surface area (Å²) in [5.74, 6) is 0.723. The molecular weight excluding hydrogens is 176 g/mol. The summed E-state index contributed by atoms with van der Waals surface area (Å²) in [4.78, 5) is 0. The second-order valence-corrected chi connectivity index (χ2v) is 3.00. The summed E-state index contributed by atoms with van der Waals surface area (Å²) in [6.07, 6.45) is -0.175. The molecule has 0 radical (unpaired) electrons. The molecule has 0 bridgehead atoms. The van der Waals surface area contributed by atoms with Crippen molar-refractivity contribution in [1.82, 2.24) is 0 Å². The molecule has 1 aromatic rings. The maximum atomic E-state index is 8.70. The van der Waals surface area contributed by atoms with Crippen LogP contribution in [0.2, 0.25) is 5.02 Å². The molecule has 0 fully saturated rings. The molecule has 1 rings (SSSR count). The van der Waals surface area contributed by atoms with Crippen molar-refractivity contribution < 1.29 is 9.84 Å². The van der Waals surface area contributed by atoms with Crippen LogP contribution in [-0.2, 0) is 0 Å². The van der Waals surface area contributed by atoms with Crippen LogP contribution < -0.4 is 4.74 Å². The normalized spacial score (nSPS) is 12.6. The van der Waals surface area contributed by atoms with Crippen LogP contribution in [0.1, 0.15) is 6.92 Å². The molecule has 66 valence electrons. The minimum atomic E-state index is -0.175. The van der Waals surface area contributed by atoms with Gasteiger partial charge in [0, 0.05) is 5.02 Å². The SMILES string of the molecule is C[C@@H](CO)Oc1ccc(Cl)cc1. The average molecular weight is 187 g/mol. The first-order valence-corrected chi connectivity index (χ1v) is 4.13. The second-order valence-electron chi connectivity index (χ2n) is 2.56. The van der Waals surface area contributed by atoms with Gasteiger partial charge in [0.15, 0.2) is 0 Å². The van der Waals surface area contributed by atoms with Crippen LogP contribution in [0.25, 0.3) is 0 Å². The number of aliphatic hydroxyl groups is 1. The molecule has 12 heavy (non-hydrogen) atoms. The van der Waals surface area contributed by atoms with Crippen molar-refractivity contribution in [2.45, 2.75) is 13.0 Å². The molecule has 0 aliphatic heterocycles. The topological polar surface area (TPSA) is 29.5 Å². The highest BCUT2D eigenvalue weighted by molar-refractivity contribution is 6.30. The van der Waals surface area contributed by atoms with Crippen LogP contribution in [0.3, 0.4) is 0 Å². The van der Waals surface area contributed by atoms with E-state index in [0.717, 1.165) is 5.75 Å².